The molecule has 0 amide bonds. The molecular weight excluding hydrogens is 278 g/mol. The fraction of sp³-hybridized carbons (Fsp3) is 0.333. The van der Waals surface area contributed by atoms with E-state index in [1.54, 1.807) is 0 Å². The van der Waals surface area contributed by atoms with Crippen LogP contribution in [0.25, 0.3) is 0 Å². The first-order valence-electron chi connectivity index (χ1n) is 7.41. The topological polar surface area (TPSA) is 0 Å². The Hall–Kier alpha value is -0.700. The Morgan fingerprint density at radius 2 is 1.15 bits per heavy atom. The highest BCUT2D eigenvalue weighted by Crippen LogP contribution is 2.56. The molecule has 0 fully saturated rings. The van der Waals surface area contributed by atoms with Gasteiger partial charge < -0.3 is 0 Å². The largest absolute Gasteiger partial charge is 0.0993 e. The molecule has 0 N–H and O–H groups in total. The molecule has 106 valence electrons. The van der Waals surface area contributed by atoms with Crippen LogP contribution in [0.15, 0.2) is 60.7 Å². The third-order valence-corrected chi connectivity index (χ3v) is 10.6. The Kier molecular flexibility index (Phi) is 6.21. The second-order valence-electron chi connectivity index (χ2n) is 4.89. The zero-order valence-electron chi connectivity index (χ0n) is 12.7. The van der Waals surface area contributed by atoms with Gasteiger partial charge in [-0.3, -0.25) is 0 Å². The highest BCUT2D eigenvalue weighted by Gasteiger charge is 2.25. The molecule has 0 saturated carbocycles. The Morgan fingerprint density at radius 3 is 1.50 bits per heavy atom. The normalized spacial score (nSPS) is 12.8. The van der Waals surface area contributed by atoms with Crippen LogP contribution in [0.3, 0.4) is 0 Å². The van der Waals surface area contributed by atoms with E-state index in [4.69, 9.17) is 0 Å². The summed E-state index contributed by atoms with van der Waals surface area (Å²) in [6.07, 6.45) is 2.68. The predicted molar refractivity (Wildman–Crippen MR) is 96.5 cm³/mol. The molecule has 0 aromatic heterocycles. The number of benzene rings is 2. The van der Waals surface area contributed by atoms with Crippen LogP contribution in [0, 0.1) is 0 Å². The molecule has 0 nitrogen and oxygen atoms in total. The molecule has 0 spiro atoms. The Balaban J connectivity index is 2.40. The third kappa shape index (κ3) is 3.69. The van der Waals surface area contributed by atoms with Crippen molar-refractivity contribution in [3.8, 4) is 0 Å². The van der Waals surface area contributed by atoms with E-state index in [9.17, 15) is 0 Å². The number of hydrogen-bond acceptors (Lipinski definition) is 0. The highest BCUT2D eigenvalue weighted by atomic mass is 31.2. The van der Waals surface area contributed by atoms with Gasteiger partial charge in [0.1, 0.15) is 0 Å². The van der Waals surface area contributed by atoms with Gasteiger partial charge in [0, 0.05) is 5.40 Å². The summed E-state index contributed by atoms with van der Waals surface area (Å²) in [5.74, 6) is 0. The van der Waals surface area contributed by atoms with Gasteiger partial charge in [-0.25, -0.2) is 0 Å². The summed E-state index contributed by atoms with van der Waals surface area (Å²) >= 11 is 0. The lowest BCUT2D eigenvalue weighted by atomic mass is 10.4. The van der Waals surface area contributed by atoms with Crippen LogP contribution in [0.5, 0.6) is 0 Å². The Morgan fingerprint density at radius 1 is 0.750 bits per heavy atom. The summed E-state index contributed by atoms with van der Waals surface area (Å²) in [5, 5.41) is 3.84. The molecule has 1 unspecified atom stereocenters. The maximum atomic E-state index is 2.48. The van der Waals surface area contributed by atoms with Crippen LogP contribution in [0.4, 0.5) is 0 Å². The highest BCUT2D eigenvalue weighted by molar-refractivity contribution is 7.84. The van der Waals surface area contributed by atoms with Gasteiger partial charge in [0.05, 0.1) is 0 Å². The van der Waals surface area contributed by atoms with E-state index < -0.39 is 0 Å². The van der Waals surface area contributed by atoms with Crippen molar-refractivity contribution in [1.82, 2.24) is 0 Å². The number of hydrogen-bond donors (Lipinski definition) is 0. The molecule has 1 atom stereocenters. The average Bonchev–Trinajstić information content (AvgIpc) is 2.51. The van der Waals surface area contributed by atoms with Crippen molar-refractivity contribution >= 4 is 26.5 Å². The van der Waals surface area contributed by atoms with Gasteiger partial charge in [0.15, 0.2) is 0 Å². The molecule has 0 aliphatic heterocycles. The van der Waals surface area contributed by atoms with Crippen LogP contribution in [0.2, 0.25) is 0 Å². The predicted octanol–water partition coefficient (Wildman–Crippen LogP) is 4.99. The molecule has 2 aromatic rings. The minimum atomic E-state index is -0.234. The van der Waals surface area contributed by atoms with Crippen molar-refractivity contribution in [2.45, 2.75) is 26.2 Å². The second kappa shape index (κ2) is 7.92. The van der Waals surface area contributed by atoms with Crippen molar-refractivity contribution in [3.05, 3.63) is 60.7 Å². The van der Waals surface area contributed by atoms with Crippen LogP contribution < -0.4 is 10.6 Å². The first-order valence-corrected chi connectivity index (χ1v) is 10.6. The number of rotatable bonds is 6. The molecule has 2 rings (SSSR count). The Labute approximate surface area is 126 Å². The zero-order chi connectivity index (χ0) is 14.4. The van der Waals surface area contributed by atoms with E-state index in [2.05, 4.69) is 81.4 Å². The summed E-state index contributed by atoms with van der Waals surface area (Å²) in [5.41, 5.74) is 0. The minimum absolute atomic E-state index is 0.125. The molecule has 2 aromatic carbocycles. The van der Waals surface area contributed by atoms with Crippen LogP contribution in [-0.4, -0.2) is 17.7 Å². The monoisotopic (exact) mass is 302 g/mol. The van der Waals surface area contributed by atoms with Crippen molar-refractivity contribution in [2.75, 3.05) is 12.3 Å². The van der Waals surface area contributed by atoms with Crippen molar-refractivity contribution in [1.29, 1.82) is 0 Å². The zero-order valence-corrected chi connectivity index (χ0v) is 14.4. The molecule has 0 saturated heterocycles. The summed E-state index contributed by atoms with van der Waals surface area (Å²) in [6.45, 7) is 7.19. The minimum Gasteiger partial charge on any atom is -0.0993 e. The Bertz CT molecular complexity index is 452. The first-order chi connectivity index (χ1) is 9.77. The summed E-state index contributed by atoms with van der Waals surface area (Å²) in [7, 11) is -0.110. The lowest BCUT2D eigenvalue weighted by Gasteiger charge is -2.31. The molecule has 0 aliphatic rings. The molecule has 0 aliphatic carbocycles. The van der Waals surface area contributed by atoms with Crippen LogP contribution in [-0.2, 0) is 0 Å². The van der Waals surface area contributed by atoms with Crippen molar-refractivity contribution in [3.63, 3.8) is 0 Å². The quantitative estimate of drug-likeness (QED) is 0.660. The smallest absolute Gasteiger partial charge is 0.00459 e. The molecule has 0 bridgehead atoms. The van der Waals surface area contributed by atoms with E-state index in [0.717, 1.165) is 5.40 Å². The van der Waals surface area contributed by atoms with Gasteiger partial charge in [0.25, 0.3) is 0 Å². The maximum absolute atomic E-state index is 2.48. The fourth-order valence-electron chi connectivity index (χ4n) is 2.67. The van der Waals surface area contributed by atoms with Gasteiger partial charge in [-0.15, -0.1) is 0 Å². The van der Waals surface area contributed by atoms with Crippen LogP contribution >= 0.6 is 15.8 Å². The van der Waals surface area contributed by atoms with Gasteiger partial charge in [-0.2, -0.15) is 0 Å². The second-order valence-corrected chi connectivity index (χ2v) is 11.1. The first kappa shape index (κ1) is 15.7. The molecule has 20 heavy (non-hydrogen) atoms. The summed E-state index contributed by atoms with van der Waals surface area (Å²) in [4.78, 5) is 0. The summed E-state index contributed by atoms with van der Waals surface area (Å²) < 4.78 is 0. The van der Waals surface area contributed by atoms with E-state index in [-0.39, 0.29) is 15.8 Å². The SMILES string of the molecule is CCP(CC)C(C)P(c1ccccc1)c1ccccc1. The van der Waals surface area contributed by atoms with Gasteiger partial charge in [-0.1, -0.05) is 89.4 Å². The molecule has 0 radical (unpaired) electrons. The van der Waals surface area contributed by atoms with Gasteiger partial charge in [-0.05, 0) is 30.9 Å². The van der Waals surface area contributed by atoms with E-state index in [1.807, 2.05) is 0 Å². The maximum Gasteiger partial charge on any atom is 0.00459 e. The van der Waals surface area contributed by atoms with E-state index >= 15 is 0 Å². The van der Waals surface area contributed by atoms with E-state index in [1.165, 1.54) is 22.9 Å². The van der Waals surface area contributed by atoms with Gasteiger partial charge >= 0.3 is 0 Å². The third-order valence-electron chi connectivity index (χ3n) is 3.78. The molecule has 2 heteroatoms. The van der Waals surface area contributed by atoms with Crippen molar-refractivity contribution < 1.29 is 0 Å². The van der Waals surface area contributed by atoms with Gasteiger partial charge in [0.2, 0.25) is 0 Å². The average molecular weight is 302 g/mol. The molecular formula is C18H24P2. The van der Waals surface area contributed by atoms with Crippen molar-refractivity contribution in [2.24, 2.45) is 0 Å². The summed E-state index contributed by atoms with van der Waals surface area (Å²) in [6, 6.07) is 22.2. The fourth-order valence-corrected chi connectivity index (χ4v) is 9.41. The van der Waals surface area contributed by atoms with E-state index in [0.29, 0.717) is 0 Å². The molecule has 0 heterocycles. The van der Waals surface area contributed by atoms with Crippen LogP contribution in [0.1, 0.15) is 20.8 Å². The lowest BCUT2D eigenvalue weighted by Crippen LogP contribution is -2.19. The standard InChI is InChI=1S/C18H24P2/c1-4-19(5-2)16(3)20(17-12-8-6-9-13-17)18-14-10-7-11-15-18/h6-16H,4-5H2,1-3H3. The lowest BCUT2D eigenvalue weighted by molar-refractivity contribution is 1.29.